The number of aliphatic hydroxyl groups excluding tert-OH is 1. The van der Waals surface area contributed by atoms with Gasteiger partial charge in [0, 0.05) is 0 Å². The minimum Gasteiger partial charge on any atom is -0.389 e. The second-order valence-electron chi connectivity index (χ2n) is 3.56. The molecule has 0 aromatic carbocycles. The molecule has 1 atom stereocenters. The molecule has 0 aromatic heterocycles. The van der Waals surface area contributed by atoms with E-state index in [4.69, 9.17) is 0 Å². The van der Waals surface area contributed by atoms with Crippen molar-refractivity contribution in [3.8, 4) is 0 Å². The molecule has 0 aromatic rings. The maximum absolute atomic E-state index is 9.36. The zero-order valence-electron chi connectivity index (χ0n) is 7.84. The van der Waals surface area contributed by atoms with E-state index in [9.17, 15) is 5.11 Å². The molecule has 1 rings (SSSR count). The number of aliphatic hydroxyl groups is 1. The summed E-state index contributed by atoms with van der Waals surface area (Å²) in [5.41, 5.74) is 2.65. The third-order valence-corrected chi connectivity index (χ3v) is 2.40. The molecule has 0 bridgehead atoms. The number of rotatable bonds is 3. The summed E-state index contributed by atoms with van der Waals surface area (Å²) < 4.78 is 0. The Morgan fingerprint density at radius 2 is 2.50 bits per heavy atom. The first-order valence-corrected chi connectivity index (χ1v) is 4.76. The minimum atomic E-state index is -0.196. The maximum Gasteiger partial charge on any atom is 0.0723 e. The van der Waals surface area contributed by atoms with Crippen LogP contribution < -0.4 is 0 Å². The lowest BCUT2D eigenvalue weighted by Crippen LogP contribution is -2.09. The van der Waals surface area contributed by atoms with Crippen LogP contribution in [0.5, 0.6) is 0 Å². The average Bonchev–Trinajstić information content (AvgIpc) is 2.04. The average molecular weight is 166 g/mol. The summed E-state index contributed by atoms with van der Waals surface area (Å²) in [7, 11) is 0. The van der Waals surface area contributed by atoms with E-state index in [2.05, 4.69) is 13.5 Å². The first kappa shape index (κ1) is 9.53. The normalized spacial score (nSPS) is 23.5. The van der Waals surface area contributed by atoms with Crippen LogP contribution in [0, 0.1) is 0 Å². The van der Waals surface area contributed by atoms with E-state index >= 15 is 0 Å². The van der Waals surface area contributed by atoms with Gasteiger partial charge in [-0.05, 0) is 32.1 Å². The highest BCUT2D eigenvalue weighted by atomic mass is 16.3. The van der Waals surface area contributed by atoms with E-state index in [1.165, 1.54) is 11.1 Å². The quantitative estimate of drug-likeness (QED) is 0.639. The number of hydrogen-bond donors (Lipinski definition) is 1. The van der Waals surface area contributed by atoms with Crippen molar-refractivity contribution in [2.75, 3.05) is 0 Å². The first-order chi connectivity index (χ1) is 5.72. The van der Waals surface area contributed by atoms with Crippen LogP contribution in [0.2, 0.25) is 0 Å². The maximum atomic E-state index is 9.36. The molecule has 1 nitrogen and oxygen atoms in total. The van der Waals surface area contributed by atoms with Gasteiger partial charge in [-0.1, -0.05) is 30.7 Å². The molecule has 0 spiro atoms. The van der Waals surface area contributed by atoms with Crippen LogP contribution in [0.1, 0.15) is 39.0 Å². The molecule has 1 heteroatoms. The van der Waals surface area contributed by atoms with Crippen molar-refractivity contribution >= 4 is 0 Å². The number of hydrogen-bond acceptors (Lipinski definition) is 1. The Balaban J connectivity index is 2.45. The second-order valence-corrected chi connectivity index (χ2v) is 3.56. The zero-order valence-corrected chi connectivity index (χ0v) is 7.84. The highest BCUT2D eigenvalue weighted by Crippen LogP contribution is 2.23. The highest BCUT2D eigenvalue weighted by Gasteiger charge is 2.10. The molecule has 0 radical (unpaired) electrons. The molecular formula is C11H18O. The number of allylic oxidation sites excluding steroid dienone is 2. The van der Waals surface area contributed by atoms with Crippen molar-refractivity contribution in [1.29, 1.82) is 0 Å². The van der Waals surface area contributed by atoms with Gasteiger partial charge in [0.15, 0.2) is 0 Å². The molecule has 68 valence electrons. The van der Waals surface area contributed by atoms with Crippen molar-refractivity contribution in [2.24, 2.45) is 0 Å². The van der Waals surface area contributed by atoms with Gasteiger partial charge in [0.2, 0.25) is 0 Å². The van der Waals surface area contributed by atoms with Gasteiger partial charge in [0.05, 0.1) is 6.10 Å². The molecule has 12 heavy (non-hydrogen) atoms. The van der Waals surface area contributed by atoms with Crippen LogP contribution in [0.4, 0.5) is 0 Å². The van der Waals surface area contributed by atoms with Crippen LogP contribution in [0.15, 0.2) is 23.8 Å². The zero-order chi connectivity index (χ0) is 8.97. The summed E-state index contributed by atoms with van der Waals surface area (Å²) in [4.78, 5) is 0. The van der Waals surface area contributed by atoms with Crippen molar-refractivity contribution in [2.45, 2.75) is 45.1 Å². The Bertz CT molecular complexity index is 191. The molecule has 1 N–H and O–H groups in total. The molecule has 0 fully saturated rings. The van der Waals surface area contributed by atoms with Crippen molar-refractivity contribution in [1.82, 2.24) is 0 Å². The monoisotopic (exact) mass is 166 g/mol. The predicted molar refractivity (Wildman–Crippen MR) is 52.0 cm³/mol. The van der Waals surface area contributed by atoms with Gasteiger partial charge >= 0.3 is 0 Å². The Hall–Kier alpha value is -0.560. The first-order valence-electron chi connectivity index (χ1n) is 4.76. The van der Waals surface area contributed by atoms with E-state index in [0.29, 0.717) is 0 Å². The lowest BCUT2D eigenvalue weighted by atomic mass is 9.92. The Kier molecular flexibility index (Phi) is 3.54. The fourth-order valence-corrected chi connectivity index (χ4v) is 1.57. The van der Waals surface area contributed by atoms with Crippen molar-refractivity contribution in [3.05, 3.63) is 23.8 Å². The van der Waals surface area contributed by atoms with Gasteiger partial charge in [-0.15, -0.1) is 0 Å². The topological polar surface area (TPSA) is 20.2 Å². The summed E-state index contributed by atoms with van der Waals surface area (Å²) >= 11 is 0. The summed E-state index contributed by atoms with van der Waals surface area (Å²) in [6.45, 7) is 6.10. The van der Waals surface area contributed by atoms with Gasteiger partial charge < -0.3 is 5.11 Å². The summed E-state index contributed by atoms with van der Waals surface area (Å²) in [6.07, 6.45) is 7.06. The molecule has 0 saturated carbocycles. The smallest absolute Gasteiger partial charge is 0.0723 e. The Labute approximate surface area is 74.8 Å². The van der Waals surface area contributed by atoms with Crippen LogP contribution >= 0.6 is 0 Å². The lowest BCUT2D eigenvalue weighted by molar-refractivity contribution is 0.202. The molecule has 1 unspecified atom stereocenters. The van der Waals surface area contributed by atoms with E-state index < -0.39 is 0 Å². The summed E-state index contributed by atoms with van der Waals surface area (Å²) in [5.74, 6) is 0. The highest BCUT2D eigenvalue weighted by molar-refractivity contribution is 5.16. The van der Waals surface area contributed by atoms with Crippen molar-refractivity contribution in [3.63, 3.8) is 0 Å². The minimum absolute atomic E-state index is 0.196. The largest absolute Gasteiger partial charge is 0.389 e. The molecule has 1 aliphatic carbocycles. The standard InChI is InChI=1S/C11H18O/c1-3-9(2)7-10-5-4-6-11(12)8-10/h8,11-12H,2-7H2,1H3. The van der Waals surface area contributed by atoms with Gasteiger partial charge in [0.25, 0.3) is 0 Å². The molecule has 0 heterocycles. The molecule has 0 amide bonds. The lowest BCUT2D eigenvalue weighted by Gasteiger charge is -2.17. The molecule has 0 saturated heterocycles. The molecule has 0 aliphatic heterocycles. The predicted octanol–water partition coefficient (Wildman–Crippen LogP) is 2.81. The fourth-order valence-electron chi connectivity index (χ4n) is 1.57. The SMILES string of the molecule is C=C(CC)CC1=CC(O)CCC1. The Morgan fingerprint density at radius 1 is 1.75 bits per heavy atom. The van der Waals surface area contributed by atoms with Crippen LogP contribution in [0.25, 0.3) is 0 Å². The fraction of sp³-hybridized carbons (Fsp3) is 0.636. The third kappa shape index (κ3) is 2.82. The second kappa shape index (κ2) is 4.46. The summed E-state index contributed by atoms with van der Waals surface area (Å²) in [5, 5.41) is 9.36. The van der Waals surface area contributed by atoms with E-state index in [0.717, 1.165) is 32.1 Å². The van der Waals surface area contributed by atoms with Gasteiger partial charge in [-0.3, -0.25) is 0 Å². The van der Waals surface area contributed by atoms with Gasteiger partial charge in [-0.2, -0.15) is 0 Å². The van der Waals surface area contributed by atoms with Crippen LogP contribution in [0.3, 0.4) is 0 Å². The summed E-state index contributed by atoms with van der Waals surface area (Å²) in [6, 6.07) is 0. The van der Waals surface area contributed by atoms with E-state index in [1.54, 1.807) is 0 Å². The van der Waals surface area contributed by atoms with E-state index in [-0.39, 0.29) is 6.10 Å². The van der Waals surface area contributed by atoms with E-state index in [1.807, 2.05) is 6.08 Å². The molecule has 1 aliphatic rings. The molecular weight excluding hydrogens is 148 g/mol. The van der Waals surface area contributed by atoms with Gasteiger partial charge in [0.1, 0.15) is 0 Å². The van der Waals surface area contributed by atoms with Crippen molar-refractivity contribution < 1.29 is 5.11 Å². The third-order valence-electron chi connectivity index (χ3n) is 2.40. The van der Waals surface area contributed by atoms with Gasteiger partial charge in [-0.25, -0.2) is 0 Å². The Morgan fingerprint density at radius 3 is 3.08 bits per heavy atom. The van der Waals surface area contributed by atoms with Crippen LogP contribution in [-0.4, -0.2) is 11.2 Å². The van der Waals surface area contributed by atoms with Crippen LogP contribution in [-0.2, 0) is 0 Å².